The highest BCUT2D eigenvalue weighted by Crippen LogP contribution is 2.30. The first-order chi connectivity index (χ1) is 9.06. The van der Waals surface area contributed by atoms with Gasteiger partial charge in [-0.3, -0.25) is 4.89 Å². The lowest BCUT2D eigenvalue weighted by molar-refractivity contribution is -0.284. The van der Waals surface area contributed by atoms with Crippen molar-refractivity contribution in [3.05, 3.63) is 35.4 Å². The van der Waals surface area contributed by atoms with E-state index in [4.69, 9.17) is 9.78 Å². The molecule has 2 unspecified atom stereocenters. The Kier molecular flexibility index (Phi) is 4.59. The Bertz CT molecular complexity index is 431. The topological polar surface area (TPSA) is 35.5 Å². The van der Waals surface area contributed by atoms with Gasteiger partial charge in [0, 0.05) is 0 Å². The van der Waals surface area contributed by atoms with Gasteiger partial charge in [0.25, 0.3) is 0 Å². The van der Waals surface area contributed by atoms with Crippen molar-refractivity contribution in [2.75, 3.05) is 0 Å². The van der Waals surface area contributed by atoms with Gasteiger partial charge >= 0.3 is 5.97 Å². The molecule has 3 heteroatoms. The SMILES string of the molecule is Cc1ccccc1C(=O)OOC1CC(C)CC(C)C1. The van der Waals surface area contributed by atoms with Crippen LogP contribution < -0.4 is 0 Å². The fourth-order valence-electron chi connectivity index (χ4n) is 2.91. The molecule has 2 rings (SSSR count). The molecule has 1 aliphatic rings. The van der Waals surface area contributed by atoms with Gasteiger partial charge in [-0.1, -0.05) is 32.0 Å². The van der Waals surface area contributed by atoms with Crippen molar-refractivity contribution in [3.63, 3.8) is 0 Å². The number of aryl methyl sites for hydroxylation is 1. The van der Waals surface area contributed by atoms with Gasteiger partial charge in [-0.05, 0) is 49.7 Å². The second kappa shape index (κ2) is 6.20. The number of hydrogen-bond acceptors (Lipinski definition) is 3. The third kappa shape index (κ3) is 3.80. The summed E-state index contributed by atoms with van der Waals surface area (Å²) in [5.41, 5.74) is 1.47. The summed E-state index contributed by atoms with van der Waals surface area (Å²) >= 11 is 0. The Morgan fingerprint density at radius 2 is 1.74 bits per heavy atom. The number of carbonyl (C=O) groups excluding carboxylic acids is 1. The molecule has 1 aromatic rings. The van der Waals surface area contributed by atoms with Crippen molar-refractivity contribution in [2.45, 2.75) is 46.1 Å². The van der Waals surface area contributed by atoms with Gasteiger partial charge in [-0.25, -0.2) is 4.79 Å². The van der Waals surface area contributed by atoms with Crippen LogP contribution in [0.5, 0.6) is 0 Å². The highest BCUT2D eigenvalue weighted by atomic mass is 17.2. The van der Waals surface area contributed by atoms with E-state index in [1.807, 2.05) is 25.1 Å². The van der Waals surface area contributed by atoms with E-state index in [2.05, 4.69) is 13.8 Å². The molecule has 1 aromatic carbocycles. The molecular weight excluding hydrogens is 240 g/mol. The van der Waals surface area contributed by atoms with Crippen LogP contribution in [-0.2, 0) is 9.78 Å². The van der Waals surface area contributed by atoms with Crippen molar-refractivity contribution < 1.29 is 14.6 Å². The maximum Gasteiger partial charge on any atom is 0.373 e. The van der Waals surface area contributed by atoms with Gasteiger partial charge in [0.05, 0.1) is 5.56 Å². The number of hydrogen-bond donors (Lipinski definition) is 0. The quantitative estimate of drug-likeness (QED) is 0.612. The molecule has 1 saturated carbocycles. The molecule has 19 heavy (non-hydrogen) atoms. The smallest absolute Gasteiger partial charge is 0.293 e. The Balaban J connectivity index is 1.89. The van der Waals surface area contributed by atoms with E-state index in [1.54, 1.807) is 6.07 Å². The zero-order valence-corrected chi connectivity index (χ0v) is 11.9. The minimum atomic E-state index is -0.399. The Labute approximate surface area is 114 Å². The average Bonchev–Trinajstić information content (AvgIpc) is 2.35. The molecule has 0 aromatic heterocycles. The van der Waals surface area contributed by atoms with Crippen LogP contribution in [0.1, 0.15) is 49.0 Å². The molecule has 0 amide bonds. The molecule has 2 atom stereocenters. The van der Waals surface area contributed by atoms with E-state index in [0.29, 0.717) is 17.4 Å². The summed E-state index contributed by atoms with van der Waals surface area (Å²) < 4.78 is 0. The third-order valence-electron chi connectivity index (χ3n) is 3.76. The first-order valence-corrected chi connectivity index (χ1v) is 6.99. The molecular formula is C16H22O3. The van der Waals surface area contributed by atoms with Crippen molar-refractivity contribution >= 4 is 5.97 Å². The monoisotopic (exact) mass is 262 g/mol. The van der Waals surface area contributed by atoms with Crippen LogP contribution in [0, 0.1) is 18.8 Å². The predicted octanol–water partition coefficient (Wildman–Crippen LogP) is 3.91. The lowest BCUT2D eigenvalue weighted by atomic mass is 9.82. The summed E-state index contributed by atoms with van der Waals surface area (Å²) in [5.74, 6) is 0.862. The molecule has 0 spiro atoms. The van der Waals surface area contributed by atoms with Crippen molar-refractivity contribution in [3.8, 4) is 0 Å². The molecule has 0 aliphatic heterocycles. The van der Waals surface area contributed by atoms with Gasteiger partial charge < -0.3 is 0 Å². The van der Waals surface area contributed by atoms with Gasteiger partial charge in [0.15, 0.2) is 0 Å². The van der Waals surface area contributed by atoms with Gasteiger partial charge in [0.2, 0.25) is 0 Å². The molecule has 104 valence electrons. The zero-order valence-electron chi connectivity index (χ0n) is 11.9. The molecule has 0 N–H and O–H groups in total. The van der Waals surface area contributed by atoms with Crippen molar-refractivity contribution in [1.82, 2.24) is 0 Å². The Morgan fingerprint density at radius 3 is 2.37 bits per heavy atom. The Hall–Kier alpha value is -1.35. The summed E-state index contributed by atoms with van der Waals surface area (Å²) in [6, 6.07) is 7.38. The van der Waals surface area contributed by atoms with E-state index < -0.39 is 5.97 Å². The van der Waals surface area contributed by atoms with Crippen LogP contribution in [-0.4, -0.2) is 12.1 Å². The fraction of sp³-hybridized carbons (Fsp3) is 0.562. The van der Waals surface area contributed by atoms with Crippen molar-refractivity contribution in [1.29, 1.82) is 0 Å². The van der Waals surface area contributed by atoms with Crippen LogP contribution in [0.15, 0.2) is 24.3 Å². The minimum absolute atomic E-state index is 0.0340. The first kappa shape index (κ1) is 14.1. The maximum absolute atomic E-state index is 11.9. The lowest BCUT2D eigenvalue weighted by Crippen LogP contribution is -2.27. The standard InChI is InChI=1S/C16H22O3/c1-11-8-12(2)10-14(9-11)18-19-16(17)15-7-5-4-6-13(15)3/h4-7,11-12,14H,8-10H2,1-3H3. The molecule has 0 bridgehead atoms. The van der Waals surface area contributed by atoms with E-state index >= 15 is 0 Å². The zero-order chi connectivity index (χ0) is 13.8. The summed E-state index contributed by atoms with van der Waals surface area (Å²) in [6.45, 7) is 6.33. The highest BCUT2D eigenvalue weighted by Gasteiger charge is 2.26. The maximum atomic E-state index is 11.9. The van der Waals surface area contributed by atoms with Crippen LogP contribution in [0.2, 0.25) is 0 Å². The first-order valence-electron chi connectivity index (χ1n) is 6.99. The molecule has 0 radical (unpaired) electrons. The number of rotatable bonds is 3. The van der Waals surface area contributed by atoms with Gasteiger partial charge in [0.1, 0.15) is 6.10 Å². The number of carbonyl (C=O) groups is 1. The highest BCUT2D eigenvalue weighted by molar-refractivity contribution is 5.90. The number of benzene rings is 1. The van der Waals surface area contributed by atoms with Crippen LogP contribution >= 0.6 is 0 Å². The van der Waals surface area contributed by atoms with E-state index in [9.17, 15) is 4.79 Å². The summed E-state index contributed by atoms with van der Waals surface area (Å²) in [6.07, 6.45) is 3.19. The van der Waals surface area contributed by atoms with E-state index in [1.165, 1.54) is 6.42 Å². The summed E-state index contributed by atoms with van der Waals surface area (Å²) in [5, 5.41) is 0. The van der Waals surface area contributed by atoms with Crippen LogP contribution in [0.4, 0.5) is 0 Å². The minimum Gasteiger partial charge on any atom is -0.293 e. The fourth-order valence-corrected chi connectivity index (χ4v) is 2.91. The predicted molar refractivity (Wildman–Crippen MR) is 73.6 cm³/mol. The summed E-state index contributed by atoms with van der Waals surface area (Å²) in [4.78, 5) is 22.3. The molecule has 3 nitrogen and oxygen atoms in total. The van der Waals surface area contributed by atoms with Crippen molar-refractivity contribution in [2.24, 2.45) is 11.8 Å². The van der Waals surface area contributed by atoms with E-state index in [-0.39, 0.29) is 6.10 Å². The Morgan fingerprint density at radius 1 is 1.11 bits per heavy atom. The van der Waals surface area contributed by atoms with Crippen LogP contribution in [0.25, 0.3) is 0 Å². The second-order valence-corrected chi connectivity index (χ2v) is 5.82. The van der Waals surface area contributed by atoms with Crippen LogP contribution in [0.3, 0.4) is 0 Å². The average molecular weight is 262 g/mol. The molecule has 1 aliphatic carbocycles. The lowest BCUT2D eigenvalue weighted by Gasteiger charge is -2.29. The third-order valence-corrected chi connectivity index (χ3v) is 3.76. The molecule has 0 heterocycles. The largest absolute Gasteiger partial charge is 0.373 e. The van der Waals surface area contributed by atoms with E-state index in [0.717, 1.165) is 18.4 Å². The van der Waals surface area contributed by atoms with Gasteiger partial charge in [-0.2, -0.15) is 4.89 Å². The molecule has 1 fully saturated rings. The second-order valence-electron chi connectivity index (χ2n) is 5.82. The summed E-state index contributed by atoms with van der Waals surface area (Å²) in [7, 11) is 0. The van der Waals surface area contributed by atoms with Gasteiger partial charge in [-0.15, -0.1) is 0 Å². The molecule has 0 saturated heterocycles. The normalized spacial score (nSPS) is 27.0.